The van der Waals surface area contributed by atoms with Gasteiger partial charge in [-0.3, -0.25) is 0 Å². The molecule has 2 rings (SSSR count). The smallest absolute Gasteiger partial charge is 0.0351 e. The lowest BCUT2D eigenvalue weighted by atomic mass is 10.1. The van der Waals surface area contributed by atoms with Crippen LogP contribution in [0.2, 0.25) is 0 Å². The average Bonchev–Trinajstić information content (AvgIpc) is 2.68. The molecule has 94 valence electrons. The molecule has 0 aromatic rings. The normalized spacial score (nSPS) is 26.1. The first-order chi connectivity index (χ1) is 7.88. The van der Waals surface area contributed by atoms with E-state index in [2.05, 4.69) is 9.80 Å². The van der Waals surface area contributed by atoms with Gasteiger partial charge in [0.25, 0.3) is 0 Å². The number of hydrogen-bond acceptors (Lipinski definition) is 2. The highest BCUT2D eigenvalue weighted by Crippen LogP contribution is 2.25. The molecule has 0 bridgehead atoms. The fraction of sp³-hybridized carbons (Fsp3) is 1.00. The lowest BCUT2D eigenvalue weighted by Gasteiger charge is -2.24. The van der Waals surface area contributed by atoms with Crippen LogP contribution in [0.3, 0.4) is 0 Å². The summed E-state index contributed by atoms with van der Waals surface area (Å²) in [5.74, 6) is 1.78. The van der Waals surface area contributed by atoms with Crippen LogP contribution in [0, 0.1) is 5.92 Å². The van der Waals surface area contributed by atoms with Crippen molar-refractivity contribution < 1.29 is 0 Å². The number of rotatable bonds is 4. The maximum Gasteiger partial charge on any atom is 0.0351 e. The average molecular weight is 245 g/mol. The summed E-state index contributed by atoms with van der Waals surface area (Å²) >= 11 is 5.81. The SMILES string of the molecule is ClCCN1CCCN(CC2CCCC2)CC1. The molecule has 0 radical (unpaired) electrons. The minimum atomic E-state index is 0.780. The number of nitrogens with zero attached hydrogens (tertiary/aromatic N) is 2. The minimum Gasteiger partial charge on any atom is -0.302 e. The van der Waals surface area contributed by atoms with Gasteiger partial charge in [-0.05, 0) is 38.3 Å². The second-order valence-corrected chi connectivity index (χ2v) is 5.71. The molecule has 0 amide bonds. The standard InChI is InChI=1S/C13H25ClN2/c14-6-9-15-7-3-8-16(11-10-15)12-13-4-1-2-5-13/h13H,1-12H2. The molecular formula is C13H25ClN2. The summed E-state index contributed by atoms with van der Waals surface area (Å²) in [5.41, 5.74) is 0. The molecule has 1 aliphatic carbocycles. The third kappa shape index (κ3) is 3.90. The topological polar surface area (TPSA) is 6.48 Å². The number of hydrogen-bond donors (Lipinski definition) is 0. The van der Waals surface area contributed by atoms with Gasteiger partial charge in [-0.1, -0.05) is 12.8 Å². The molecule has 16 heavy (non-hydrogen) atoms. The summed E-state index contributed by atoms with van der Waals surface area (Å²) in [6.07, 6.45) is 7.21. The Morgan fingerprint density at radius 1 is 0.875 bits per heavy atom. The van der Waals surface area contributed by atoms with Gasteiger partial charge in [0.15, 0.2) is 0 Å². The maximum absolute atomic E-state index is 5.81. The summed E-state index contributed by atoms with van der Waals surface area (Å²) in [6, 6.07) is 0. The van der Waals surface area contributed by atoms with Crippen LogP contribution >= 0.6 is 11.6 Å². The van der Waals surface area contributed by atoms with Gasteiger partial charge in [-0.15, -0.1) is 11.6 Å². The number of halogens is 1. The number of alkyl halides is 1. The predicted octanol–water partition coefficient (Wildman–Crippen LogP) is 2.42. The summed E-state index contributed by atoms with van der Waals surface area (Å²) in [6.45, 7) is 7.45. The Morgan fingerprint density at radius 2 is 1.56 bits per heavy atom. The van der Waals surface area contributed by atoms with Gasteiger partial charge in [0, 0.05) is 32.1 Å². The second-order valence-electron chi connectivity index (χ2n) is 5.34. The van der Waals surface area contributed by atoms with Crippen molar-refractivity contribution in [3.05, 3.63) is 0 Å². The molecule has 0 aromatic heterocycles. The van der Waals surface area contributed by atoms with Crippen LogP contribution in [-0.4, -0.2) is 54.9 Å². The molecule has 2 nitrogen and oxygen atoms in total. The molecule has 0 unspecified atom stereocenters. The fourth-order valence-corrected chi connectivity index (χ4v) is 3.35. The van der Waals surface area contributed by atoms with Crippen LogP contribution in [-0.2, 0) is 0 Å². The Balaban J connectivity index is 1.70. The molecule has 0 aromatic carbocycles. The second kappa shape index (κ2) is 6.83. The summed E-state index contributed by atoms with van der Waals surface area (Å²) in [5, 5.41) is 0. The van der Waals surface area contributed by atoms with Gasteiger partial charge in [0.1, 0.15) is 0 Å². The van der Waals surface area contributed by atoms with Gasteiger partial charge >= 0.3 is 0 Å². The van der Waals surface area contributed by atoms with Crippen LogP contribution in [0.1, 0.15) is 32.1 Å². The van der Waals surface area contributed by atoms with E-state index >= 15 is 0 Å². The Morgan fingerprint density at radius 3 is 2.31 bits per heavy atom. The van der Waals surface area contributed by atoms with Crippen molar-refractivity contribution in [2.24, 2.45) is 5.92 Å². The summed E-state index contributed by atoms with van der Waals surface area (Å²) in [7, 11) is 0. The van der Waals surface area contributed by atoms with E-state index in [1.54, 1.807) is 0 Å². The van der Waals surface area contributed by atoms with E-state index < -0.39 is 0 Å². The molecule has 1 saturated heterocycles. The van der Waals surface area contributed by atoms with Crippen LogP contribution in [0.5, 0.6) is 0 Å². The highest BCUT2D eigenvalue weighted by Gasteiger charge is 2.20. The van der Waals surface area contributed by atoms with Gasteiger partial charge in [-0.2, -0.15) is 0 Å². The Hall–Kier alpha value is 0.210. The van der Waals surface area contributed by atoms with Crippen molar-refractivity contribution >= 4 is 11.6 Å². The van der Waals surface area contributed by atoms with E-state index in [1.807, 2.05) is 0 Å². The van der Waals surface area contributed by atoms with Crippen LogP contribution in [0.4, 0.5) is 0 Å². The zero-order valence-corrected chi connectivity index (χ0v) is 11.1. The van der Waals surface area contributed by atoms with E-state index in [0.29, 0.717) is 0 Å². The molecule has 3 heteroatoms. The molecule has 2 fully saturated rings. The zero-order valence-electron chi connectivity index (χ0n) is 10.3. The third-order valence-electron chi connectivity index (χ3n) is 4.07. The van der Waals surface area contributed by atoms with E-state index in [1.165, 1.54) is 64.8 Å². The molecular weight excluding hydrogens is 220 g/mol. The van der Waals surface area contributed by atoms with Crippen molar-refractivity contribution in [3.63, 3.8) is 0 Å². The zero-order chi connectivity index (χ0) is 11.2. The first-order valence-corrected chi connectivity index (χ1v) is 7.42. The van der Waals surface area contributed by atoms with Gasteiger partial charge in [0.2, 0.25) is 0 Å². The fourth-order valence-electron chi connectivity index (χ4n) is 3.11. The van der Waals surface area contributed by atoms with Gasteiger partial charge < -0.3 is 9.80 Å². The lowest BCUT2D eigenvalue weighted by molar-refractivity contribution is 0.231. The highest BCUT2D eigenvalue weighted by atomic mass is 35.5. The lowest BCUT2D eigenvalue weighted by Crippen LogP contribution is -2.34. The Labute approximate surface area is 105 Å². The molecule has 0 atom stereocenters. The quantitative estimate of drug-likeness (QED) is 0.701. The molecule has 0 spiro atoms. The van der Waals surface area contributed by atoms with Crippen LogP contribution < -0.4 is 0 Å². The van der Waals surface area contributed by atoms with E-state index in [0.717, 1.165) is 18.3 Å². The van der Waals surface area contributed by atoms with Crippen LogP contribution in [0.25, 0.3) is 0 Å². The van der Waals surface area contributed by atoms with E-state index in [9.17, 15) is 0 Å². The summed E-state index contributed by atoms with van der Waals surface area (Å²) in [4.78, 5) is 5.20. The molecule has 1 aliphatic heterocycles. The van der Waals surface area contributed by atoms with Crippen molar-refractivity contribution in [1.82, 2.24) is 9.80 Å². The molecule has 0 N–H and O–H groups in total. The van der Waals surface area contributed by atoms with Crippen molar-refractivity contribution in [2.75, 3.05) is 45.1 Å². The van der Waals surface area contributed by atoms with Crippen molar-refractivity contribution in [3.8, 4) is 0 Å². The molecule has 1 heterocycles. The van der Waals surface area contributed by atoms with E-state index in [-0.39, 0.29) is 0 Å². The Bertz CT molecular complexity index is 192. The first kappa shape index (κ1) is 12.7. The van der Waals surface area contributed by atoms with Gasteiger partial charge in [0.05, 0.1) is 0 Å². The highest BCUT2D eigenvalue weighted by molar-refractivity contribution is 6.18. The predicted molar refractivity (Wildman–Crippen MR) is 70.2 cm³/mol. The monoisotopic (exact) mass is 244 g/mol. The van der Waals surface area contributed by atoms with Crippen molar-refractivity contribution in [2.45, 2.75) is 32.1 Å². The summed E-state index contributed by atoms with van der Waals surface area (Å²) < 4.78 is 0. The van der Waals surface area contributed by atoms with E-state index in [4.69, 9.17) is 11.6 Å². The first-order valence-electron chi connectivity index (χ1n) is 6.89. The minimum absolute atomic E-state index is 0.780. The van der Waals surface area contributed by atoms with Crippen molar-refractivity contribution in [1.29, 1.82) is 0 Å². The largest absolute Gasteiger partial charge is 0.302 e. The van der Waals surface area contributed by atoms with Crippen LogP contribution in [0.15, 0.2) is 0 Å². The third-order valence-corrected chi connectivity index (χ3v) is 4.24. The Kier molecular flexibility index (Phi) is 5.40. The molecule has 2 aliphatic rings. The van der Waals surface area contributed by atoms with Gasteiger partial charge in [-0.25, -0.2) is 0 Å². The molecule has 1 saturated carbocycles. The maximum atomic E-state index is 5.81.